The highest BCUT2D eigenvalue weighted by Gasteiger charge is 2.21. The van der Waals surface area contributed by atoms with Gasteiger partial charge in [-0.1, -0.05) is 26.2 Å². The first-order chi connectivity index (χ1) is 8.38. The zero-order valence-electron chi connectivity index (χ0n) is 11.4. The third-order valence-corrected chi connectivity index (χ3v) is 4.40. The van der Waals surface area contributed by atoms with Gasteiger partial charge in [0.25, 0.3) is 0 Å². The lowest BCUT2D eigenvalue weighted by Crippen LogP contribution is -2.31. The van der Waals surface area contributed by atoms with Crippen molar-refractivity contribution in [2.75, 3.05) is 19.8 Å². The van der Waals surface area contributed by atoms with Gasteiger partial charge in [-0.3, -0.25) is 0 Å². The topological polar surface area (TPSA) is 21.3 Å². The Morgan fingerprint density at radius 1 is 1.00 bits per heavy atom. The van der Waals surface area contributed by atoms with Crippen molar-refractivity contribution in [2.24, 2.45) is 11.8 Å². The summed E-state index contributed by atoms with van der Waals surface area (Å²) >= 11 is 0. The van der Waals surface area contributed by atoms with E-state index in [1.54, 1.807) is 0 Å². The molecule has 17 heavy (non-hydrogen) atoms. The molecule has 0 spiro atoms. The van der Waals surface area contributed by atoms with Crippen LogP contribution in [-0.4, -0.2) is 25.8 Å². The van der Waals surface area contributed by atoms with Crippen molar-refractivity contribution >= 4 is 0 Å². The molecular weight excluding hydrogens is 210 g/mol. The van der Waals surface area contributed by atoms with Gasteiger partial charge in [0, 0.05) is 19.2 Å². The van der Waals surface area contributed by atoms with Crippen LogP contribution in [0, 0.1) is 11.8 Å². The molecule has 2 rings (SSSR count). The standard InChI is InChI=1S/C15H29NO/c1-2-13-4-3-5-15(9-8-13)16-10-11-17-12-14-6-7-14/h13-16H,2-12H2,1H3. The average molecular weight is 239 g/mol. The van der Waals surface area contributed by atoms with Gasteiger partial charge in [-0.25, -0.2) is 0 Å². The summed E-state index contributed by atoms with van der Waals surface area (Å²) in [4.78, 5) is 0. The molecule has 2 nitrogen and oxygen atoms in total. The summed E-state index contributed by atoms with van der Waals surface area (Å²) in [6.07, 6.45) is 11.2. The minimum Gasteiger partial charge on any atom is -0.380 e. The van der Waals surface area contributed by atoms with Gasteiger partial charge in [-0.05, 0) is 43.9 Å². The van der Waals surface area contributed by atoms with Crippen LogP contribution in [0.1, 0.15) is 58.3 Å². The summed E-state index contributed by atoms with van der Waals surface area (Å²) < 4.78 is 5.66. The quantitative estimate of drug-likeness (QED) is 0.543. The van der Waals surface area contributed by atoms with Crippen LogP contribution in [-0.2, 0) is 4.74 Å². The second kappa shape index (κ2) is 7.38. The van der Waals surface area contributed by atoms with E-state index in [-0.39, 0.29) is 0 Å². The zero-order valence-corrected chi connectivity index (χ0v) is 11.4. The lowest BCUT2D eigenvalue weighted by atomic mass is 9.98. The van der Waals surface area contributed by atoms with Crippen LogP contribution in [0.25, 0.3) is 0 Å². The Kier molecular flexibility index (Phi) is 5.79. The maximum atomic E-state index is 5.66. The summed E-state index contributed by atoms with van der Waals surface area (Å²) in [5.41, 5.74) is 0. The highest BCUT2D eigenvalue weighted by atomic mass is 16.5. The summed E-state index contributed by atoms with van der Waals surface area (Å²) in [5.74, 6) is 1.89. The lowest BCUT2D eigenvalue weighted by Gasteiger charge is -2.16. The van der Waals surface area contributed by atoms with E-state index in [2.05, 4.69) is 12.2 Å². The molecule has 2 fully saturated rings. The molecule has 0 radical (unpaired) electrons. The van der Waals surface area contributed by atoms with Gasteiger partial charge in [0.1, 0.15) is 0 Å². The first-order valence-electron chi connectivity index (χ1n) is 7.69. The fourth-order valence-corrected chi connectivity index (χ4v) is 2.86. The van der Waals surface area contributed by atoms with E-state index in [0.29, 0.717) is 0 Å². The van der Waals surface area contributed by atoms with Crippen molar-refractivity contribution in [3.63, 3.8) is 0 Å². The summed E-state index contributed by atoms with van der Waals surface area (Å²) in [6, 6.07) is 0.760. The van der Waals surface area contributed by atoms with Gasteiger partial charge in [0.05, 0.1) is 6.61 Å². The first-order valence-corrected chi connectivity index (χ1v) is 7.69. The van der Waals surface area contributed by atoms with E-state index in [1.165, 1.54) is 51.4 Å². The van der Waals surface area contributed by atoms with Gasteiger partial charge >= 0.3 is 0 Å². The zero-order chi connectivity index (χ0) is 11.9. The smallest absolute Gasteiger partial charge is 0.0591 e. The van der Waals surface area contributed by atoms with E-state index in [4.69, 9.17) is 4.74 Å². The van der Waals surface area contributed by atoms with E-state index in [1.807, 2.05) is 0 Å². The molecule has 2 saturated carbocycles. The Bertz CT molecular complexity index is 203. The third-order valence-electron chi connectivity index (χ3n) is 4.40. The second-order valence-electron chi connectivity index (χ2n) is 5.95. The first kappa shape index (κ1) is 13.4. The Morgan fingerprint density at radius 2 is 1.82 bits per heavy atom. The predicted octanol–water partition coefficient (Wildman–Crippen LogP) is 3.36. The molecule has 2 aliphatic rings. The number of hydrogen-bond donors (Lipinski definition) is 1. The van der Waals surface area contributed by atoms with Crippen LogP contribution in [0.4, 0.5) is 0 Å². The van der Waals surface area contributed by atoms with Crippen LogP contribution in [0.15, 0.2) is 0 Å². The number of hydrogen-bond acceptors (Lipinski definition) is 2. The second-order valence-corrected chi connectivity index (χ2v) is 5.95. The molecule has 0 bridgehead atoms. The molecule has 0 saturated heterocycles. The van der Waals surface area contributed by atoms with Crippen molar-refractivity contribution in [3.8, 4) is 0 Å². The number of nitrogens with one attached hydrogen (secondary N) is 1. The molecule has 0 heterocycles. The van der Waals surface area contributed by atoms with Crippen LogP contribution >= 0.6 is 0 Å². The summed E-state index contributed by atoms with van der Waals surface area (Å²) in [5, 5.41) is 3.68. The Labute approximate surface area is 107 Å². The van der Waals surface area contributed by atoms with Crippen molar-refractivity contribution in [1.82, 2.24) is 5.32 Å². The monoisotopic (exact) mass is 239 g/mol. The molecule has 2 unspecified atom stereocenters. The average Bonchev–Trinajstić information content (AvgIpc) is 3.15. The van der Waals surface area contributed by atoms with Crippen molar-refractivity contribution in [1.29, 1.82) is 0 Å². The molecule has 2 heteroatoms. The molecule has 0 aromatic heterocycles. The third kappa shape index (κ3) is 5.39. The van der Waals surface area contributed by atoms with Crippen molar-refractivity contribution in [2.45, 2.75) is 64.3 Å². The Balaban J connectivity index is 1.49. The molecule has 2 aliphatic carbocycles. The molecule has 1 N–H and O–H groups in total. The van der Waals surface area contributed by atoms with E-state index in [0.717, 1.165) is 37.6 Å². The van der Waals surface area contributed by atoms with Gasteiger partial charge in [-0.15, -0.1) is 0 Å². The molecule has 0 aliphatic heterocycles. The van der Waals surface area contributed by atoms with Crippen LogP contribution in [0.5, 0.6) is 0 Å². The summed E-state index contributed by atoms with van der Waals surface area (Å²) in [7, 11) is 0. The minimum atomic E-state index is 0.760. The maximum absolute atomic E-state index is 5.66. The predicted molar refractivity (Wildman–Crippen MR) is 72.2 cm³/mol. The lowest BCUT2D eigenvalue weighted by molar-refractivity contribution is 0.123. The van der Waals surface area contributed by atoms with Gasteiger partial charge in [-0.2, -0.15) is 0 Å². The highest BCUT2D eigenvalue weighted by Crippen LogP contribution is 2.28. The summed E-state index contributed by atoms with van der Waals surface area (Å²) in [6.45, 7) is 5.30. The Morgan fingerprint density at radius 3 is 2.59 bits per heavy atom. The SMILES string of the molecule is CCC1CCCC(NCCOCC2CC2)CC1. The molecule has 100 valence electrons. The largest absolute Gasteiger partial charge is 0.380 e. The Hall–Kier alpha value is -0.0800. The van der Waals surface area contributed by atoms with E-state index in [9.17, 15) is 0 Å². The van der Waals surface area contributed by atoms with Gasteiger partial charge in [0.15, 0.2) is 0 Å². The fourth-order valence-electron chi connectivity index (χ4n) is 2.86. The minimum absolute atomic E-state index is 0.760. The highest BCUT2D eigenvalue weighted by molar-refractivity contribution is 4.75. The van der Waals surface area contributed by atoms with Gasteiger partial charge < -0.3 is 10.1 Å². The fraction of sp³-hybridized carbons (Fsp3) is 1.00. The van der Waals surface area contributed by atoms with Crippen molar-refractivity contribution in [3.05, 3.63) is 0 Å². The molecular formula is C15H29NO. The van der Waals surface area contributed by atoms with E-state index < -0.39 is 0 Å². The van der Waals surface area contributed by atoms with Crippen LogP contribution < -0.4 is 5.32 Å². The van der Waals surface area contributed by atoms with Gasteiger partial charge in [0.2, 0.25) is 0 Å². The normalized spacial score (nSPS) is 30.2. The molecule has 2 atom stereocenters. The molecule has 0 amide bonds. The maximum Gasteiger partial charge on any atom is 0.0591 e. The van der Waals surface area contributed by atoms with Crippen LogP contribution in [0.2, 0.25) is 0 Å². The molecule has 0 aromatic rings. The van der Waals surface area contributed by atoms with E-state index >= 15 is 0 Å². The van der Waals surface area contributed by atoms with Crippen molar-refractivity contribution < 1.29 is 4.74 Å². The number of rotatable bonds is 7. The molecule has 0 aromatic carbocycles. The van der Waals surface area contributed by atoms with Crippen LogP contribution in [0.3, 0.4) is 0 Å². The number of ether oxygens (including phenoxy) is 1.